The average molecular weight is 660 g/mol. The van der Waals surface area contributed by atoms with Gasteiger partial charge in [0.25, 0.3) is 0 Å². The first kappa shape index (κ1) is 44.2. The van der Waals surface area contributed by atoms with Crippen LogP contribution in [0.15, 0.2) is 98.1 Å². The van der Waals surface area contributed by atoms with E-state index in [-0.39, 0.29) is 17.1 Å². The number of nitriles is 2. The smallest absolute Gasteiger partial charge is 0.265 e. The fourth-order valence-electron chi connectivity index (χ4n) is 3.35. The molecule has 43 heavy (non-hydrogen) atoms. The predicted octanol–water partition coefficient (Wildman–Crippen LogP) is 7.09. The zero-order valence-electron chi connectivity index (χ0n) is 26.0. The molecule has 0 bridgehead atoms. The van der Waals surface area contributed by atoms with Gasteiger partial charge in [0.15, 0.2) is 0 Å². The minimum absolute atomic E-state index is 0. The van der Waals surface area contributed by atoms with E-state index in [0.29, 0.717) is 0 Å². The van der Waals surface area contributed by atoms with Crippen molar-refractivity contribution in [2.45, 2.75) is 79.1 Å². The molecule has 4 aromatic heterocycles. The van der Waals surface area contributed by atoms with Crippen LogP contribution < -0.4 is 0 Å². The normalized spacial score (nSPS) is 8.28. The standard InChI is InChI=1S/4C8H11N.2CHNS.Mn/c4*1-2-3-8-4-6-9-7-5-8;2*2-1-3;/h4*4-7H,2-3H2,1H3;2*3H;/q;;;;;;+3/p+2. The van der Waals surface area contributed by atoms with Crippen LogP contribution in [0.2, 0.25) is 0 Å². The maximum atomic E-state index is 7.23. The summed E-state index contributed by atoms with van der Waals surface area (Å²) in [6.07, 6.45) is 24.2. The summed E-state index contributed by atoms with van der Waals surface area (Å²) < 4.78 is 0. The van der Waals surface area contributed by atoms with E-state index in [1.54, 1.807) is 10.8 Å². The summed E-state index contributed by atoms with van der Waals surface area (Å²) in [5, 5.41) is 17.6. The van der Waals surface area contributed by atoms with Crippen molar-refractivity contribution in [2.75, 3.05) is 0 Å². The summed E-state index contributed by atoms with van der Waals surface area (Å²) in [5.74, 6) is 0. The van der Waals surface area contributed by atoms with Crippen LogP contribution in [-0.2, 0) is 68.0 Å². The molecule has 0 aliphatic rings. The van der Waals surface area contributed by atoms with E-state index in [4.69, 9.17) is 10.5 Å². The summed E-state index contributed by atoms with van der Waals surface area (Å²) in [6, 6.07) is 16.5. The Morgan fingerprint density at radius 1 is 0.442 bits per heavy atom. The number of rotatable bonds is 8. The maximum Gasteiger partial charge on any atom is 3.00 e. The van der Waals surface area contributed by atoms with E-state index in [1.165, 1.54) is 73.6 Å². The van der Waals surface area contributed by atoms with Crippen LogP contribution in [0.3, 0.4) is 0 Å². The fraction of sp³-hybridized carbons (Fsp3) is 0.353. The van der Waals surface area contributed by atoms with E-state index < -0.39 is 0 Å². The van der Waals surface area contributed by atoms with Crippen molar-refractivity contribution in [3.63, 3.8) is 0 Å². The molecule has 6 nitrogen and oxygen atoms in total. The first-order valence-corrected chi connectivity index (χ1v) is 15.2. The second-order valence-corrected chi connectivity index (χ2v) is 9.09. The van der Waals surface area contributed by atoms with Crippen molar-refractivity contribution in [3.05, 3.63) is 120 Å². The van der Waals surface area contributed by atoms with Crippen molar-refractivity contribution in [1.29, 1.82) is 10.5 Å². The van der Waals surface area contributed by atoms with Crippen LogP contribution in [0, 0.1) is 21.3 Å². The summed E-state index contributed by atoms with van der Waals surface area (Å²) >= 11 is 4.98. The Morgan fingerprint density at radius 2 is 0.581 bits per heavy atom. The number of aromatic nitrogens is 4. The molecule has 0 saturated heterocycles. The summed E-state index contributed by atoms with van der Waals surface area (Å²) in [5.41, 5.74) is 5.53. The van der Waals surface area contributed by atoms with Crippen LogP contribution in [-0.4, -0.2) is 19.9 Å². The molecule has 0 unspecified atom stereocenters. The maximum absolute atomic E-state index is 7.23. The average Bonchev–Trinajstić information content (AvgIpc) is 3.02. The Kier molecular flexibility index (Phi) is 37.9. The van der Waals surface area contributed by atoms with Gasteiger partial charge in [-0.3, -0.25) is 19.9 Å². The minimum atomic E-state index is 0. The van der Waals surface area contributed by atoms with Gasteiger partial charge in [0.05, 0.1) is 25.3 Å². The van der Waals surface area contributed by atoms with Crippen molar-refractivity contribution in [2.24, 2.45) is 0 Å². The zero-order valence-corrected chi connectivity index (χ0v) is 29.1. The van der Waals surface area contributed by atoms with E-state index in [2.05, 4.69) is 121 Å². The molecule has 0 aliphatic carbocycles. The Bertz CT molecular complexity index is 980. The molecule has 4 rings (SSSR count). The number of hydrogen-bond donors (Lipinski definition) is 0. The van der Waals surface area contributed by atoms with Crippen LogP contribution in [0.1, 0.15) is 75.6 Å². The largest absolute Gasteiger partial charge is 3.00 e. The van der Waals surface area contributed by atoms with Crippen molar-refractivity contribution in [1.82, 2.24) is 19.9 Å². The van der Waals surface area contributed by atoms with E-state index in [9.17, 15) is 0 Å². The van der Waals surface area contributed by atoms with Gasteiger partial charge in [0.1, 0.15) is 0 Å². The molecule has 9 heteroatoms. The second kappa shape index (κ2) is 36.8. The predicted molar refractivity (Wildman–Crippen MR) is 184 cm³/mol. The van der Waals surface area contributed by atoms with Gasteiger partial charge in [-0.25, -0.2) is 0 Å². The minimum Gasteiger partial charge on any atom is -0.265 e. The number of aryl methyl sites for hydroxylation is 4. The summed E-state index contributed by atoms with van der Waals surface area (Å²) in [7, 11) is 0. The molecule has 228 valence electrons. The Morgan fingerprint density at radius 3 is 0.698 bits per heavy atom. The molecule has 0 N–H and O–H groups in total. The van der Waals surface area contributed by atoms with Crippen LogP contribution in [0.25, 0.3) is 0 Å². The Labute approximate surface area is 281 Å². The number of nitrogens with zero attached hydrogens (tertiary/aromatic N) is 6. The zero-order chi connectivity index (χ0) is 31.5. The molecule has 0 aromatic carbocycles. The third-order valence-corrected chi connectivity index (χ3v) is 5.15. The van der Waals surface area contributed by atoms with E-state index in [1.807, 2.05) is 49.6 Å². The molecule has 0 amide bonds. The molecule has 4 aromatic rings. The quantitative estimate of drug-likeness (QED) is 0.114. The van der Waals surface area contributed by atoms with Crippen LogP contribution in [0.5, 0.6) is 0 Å². The van der Waals surface area contributed by atoms with Gasteiger partial charge in [0.2, 0.25) is 0 Å². The SMILES string of the molecule is CCCc1ccncc1.CCCc1ccncc1.CCCc1ccncc1.CCCc1ccncc1.N#C[SH2+].N#C[SH2+].[Mn+3]. The number of pyridine rings is 4. The van der Waals surface area contributed by atoms with Gasteiger partial charge in [-0.1, -0.05) is 53.4 Å². The van der Waals surface area contributed by atoms with E-state index in [0.717, 1.165) is 0 Å². The van der Waals surface area contributed by atoms with E-state index >= 15 is 0 Å². The molecule has 0 saturated carbocycles. The molecule has 0 atom stereocenters. The molecular weight excluding hydrogens is 611 g/mol. The molecule has 0 spiro atoms. The van der Waals surface area contributed by atoms with Crippen molar-refractivity contribution < 1.29 is 17.1 Å². The van der Waals surface area contributed by atoms with Gasteiger partial charge in [-0.05, 0) is 96.5 Å². The monoisotopic (exact) mass is 659 g/mol. The summed E-state index contributed by atoms with van der Waals surface area (Å²) in [6.45, 7) is 8.72. The first-order valence-electron chi connectivity index (χ1n) is 14.2. The number of hydrogen-bond acceptors (Lipinski definition) is 6. The molecule has 0 aliphatic heterocycles. The van der Waals surface area contributed by atoms with Gasteiger partial charge >= 0.3 is 27.9 Å². The van der Waals surface area contributed by atoms with Crippen molar-refractivity contribution >= 4 is 25.3 Å². The van der Waals surface area contributed by atoms with Crippen LogP contribution in [0.4, 0.5) is 0 Å². The molecule has 4 heterocycles. The van der Waals surface area contributed by atoms with Crippen molar-refractivity contribution in [3.8, 4) is 10.8 Å². The molecular formula is C34H48MnN6S2+5. The van der Waals surface area contributed by atoms with Gasteiger partial charge in [-0.2, -0.15) is 0 Å². The van der Waals surface area contributed by atoms with Gasteiger partial charge in [-0.15, -0.1) is 10.5 Å². The topological polar surface area (TPSA) is 99.1 Å². The van der Waals surface area contributed by atoms with Gasteiger partial charge in [0, 0.05) is 49.6 Å². The Hall–Kier alpha value is -3.20. The summed E-state index contributed by atoms with van der Waals surface area (Å²) in [4.78, 5) is 15.7. The van der Waals surface area contributed by atoms with Gasteiger partial charge < -0.3 is 0 Å². The Balaban J connectivity index is -0.000000464. The third-order valence-electron chi connectivity index (χ3n) is 5.15. The second-order valence-electron chi connectivity index (χ2n) is 8.65. The molecule has 0 radical (unpaired) electrons. The van der Waals surface area contributed by atoms with Crippen LogP contribution >= 0.6 is 0 Å². The fourth-order valence-corrected chi connectivity index (χ4v) is 3.35. The first-order chi connectivity index (χ1) is 20.6. The molecule has 0 fully saturated rings. The third kappa shape index (κ3) is 31.6. The number of thiocyanates is 2.